The second kappa shape index (κ2) is 11.3. The summed E-state index contributed by atoms with van der Waals surface area (Å²) in [6.07, 6.45) is 3.38. The highest BCUT2D eigenvalue weighted by molar-refractivity contribution is 7.89. The monoisotopic (exact) mass is 558 g/mol. The van der Waals surface area contributed by atoms with Crippen LogP contribution < -0.4 is 9.64 Å². The van der Waals surface area contributed by atoms with Gasteiger partial charge in [0, 0.05) is 31.5 Å². The van der Waals surface area contributed by atoms with E-state index >= 15 is 0 Å². The minimum atomic E-state index is -3.75. The molecule has 2 heterocycles. The van der Waals surface area contributed by atoms with Gasteiger partial charge in [-0.2, -0.15) is 4.31 Å². The zero-order valence-electron chi connectivity index (χ0n) is 21.4. The molecule has 0 aliphatic heterocycles. The maximum Gasteiger partial charge on any atom is 0.260 e. The summed E-state index contributed by atoms with van der Waals surface area (Å²) >= 11 is 1.38. The van der Waals surface area contributed by atoms with Crippen LogP contribution in [0.2, 0.25) is 0 Å². The summed E-state index contributed by atoms with van der Waals surface area (Å²) in [7, 11) is -0.604. The Kier molecular flexibility index (Phi) is 7.69. The number of amides is 1. The fourth-order valence-corrected chi connectivity index (χ4v) is 6.22. The summed E-state index contributed by atoms with van der Waals surface area (Å²) in [6, 6.07) is 24.7. The highest BCUT2D eigenvalue weighted by Crippen LogP contribution is 2.33. The van der Waals surface area contributed by atoms with Crippen LogP contribution in [0.5, 0.6) is 5.75 Å². The third-order valence-corrected chi connectivity index (χ3v) is 9.04. The van der Waals surface area contributed by atoms with Gasteiger partial charge in [0.25, 0.3) is 5.91 Å². The molecule has 3 aromatic carbocycles. The predicted molar refractivity (Wildman–Crippen MR) is 152 cm³/mol. The number of hydrogen-bond acceptors (Lipinski definition) is 7. The van der Waals surface area contributed by atoms with Gasteiger partial charge in [-0.1, -0.05) is 47.7 Å². The number of anilines is 1. The van der Waals surface area contributed by atoms with E-state index in [2.05, 4.69) is 4.98 Å². The molecule has 5 aromatic rings. The average Bonchev–Trinajstić information content (AvgIpc) is 3.39. The molecule has 0 saturated carbocycles. The molecule has 198 valence electrons. The summed E-state index contributed by atoms with van der Waals surface area (Å²) in [5.41, 5.74) is 2.82. The molecule has 0 unspecified atom stereocenters. The number of thiazole rings is 1. The first-order valence-electron chi connectivity index (χ1n) is 12.1. The van der Waals surface area contributed by atoms with Gasteiger partial charge in [0.15, 0.2) is 5.13 Å². The maximum absolute atomic E-state index is 13.8. The van der Waals surface area contributed by atoms with Crippen LogP contribution in [0.4, 0.5) is 5.13 Å². The van der Waals surface area contributed by atoms with Crippen LogP contribution in [0.15, 0.2) is 102 Å². The highest BCUT2D eigenvalue weighted by Gasteiger charge is 2.25. The van der Waals surface area contributed by atoms with E-state index in [0.29, 0.717) is 16.4 Å². The van der Waals surface area contributed by atoms with E-state index in [-0.39, 0.29) is 23.9 Å². The van der Waals surface area contributed by atoms with Crippen LogP contribution in [0.1, 0.15) is 21.5 Å². The lowest BCUT2D eigenvalue weighted by molar-refractivity contribution is 0.0985. The van der Waals surface area contributed by atoms with Crippen LogP contribution in [0.25, 0.3) is 10.2 Å². The Hall–Kier alpha value is -4.12. The van der Waals surface area contributed by atoms with Crippen LogP contribution in [-0.4, -0.2) is 42.8 Å². The summed E-state index contributed by atoms with van der Waals surface area (Å²) in [4.78, 5) is 24.3. The van der Waals surface area contributed by atoms with Crippen molar-refractivity contribution in [3.05, 3.63) is 114 Å². The standard InChI is InChI=1S/C29H26N4O4S2/c1-32(19-21-7-4-3-5-8-21)39(35,36)25-13-10-23(11-14-25)28(34)33(20-22-9-6-16-30-18-22)29-31-26-15-12-24(37-2)17-27(26)38-29/h3-18H,19-20H2,1-2H3. The Bertz CT molecular complexity index is 1690. The van der Waals surface area contributed by atoms with E-state index in [0.717, 1.165) is 21.3 Å². The molecule has 8 nitrogen and oxygen atoms in total. The predicted octanol–water partition coefficient (Wildman–Crippen LogP) is 5.37. The van der Waals surface area contributed by atoms with Crippen molar-refractivity contribution in [3.8, 4) is 5.75 Å². The number of benzene rings is 3. The summed E-state index contributed by atoms with van der Waals surface area (Å²) in [6.45, 7) is 0.495. The summed E-state index contributed by atoms with van der Waals surface area (Å²) < 4.78 is 33.9. The molecule has 0 fully saturated rings. The number of nitrogens with zero attached hydrogens (tertiary/aromatic N) is 4. The third-order valence-electron chi connectivity index (χ3n) is 6.18. The molecule has 0 atom stereocenters. The first kappa shape index (κ1) is 26.5. The van der Waals surface area contributed by atoms with Gasteiger partial charge in [-0.05, 0) is 59.7 Å². The van der Waals surface area contributed by atoms with Gasteiger partial charge in [-0.3, -0.25) is 14.7 Å². The first-order valence-corrected chi connectivity index (χ1v) is 14.4. The van der Waals surface area contributed by atoms with Gasteiger partial charge >= 0.3 is 0 Å². The second-order valence-corrected chi connectivity index (χ2v) is 11.9. The normalized spacial score (nSPS) is 11.6. The molecule has 0 N–H and O–H groups in total. The molecule has 39 heavy (non-hydrogen) atoms. The van der Waals surface area contributed by atoms with E-state index in [1.165, 1.54) is 39.9 Å². The molecule has 0 bridgehead atoms. The minimum absolute atomic E-state index is 0.114. The topological polar surface area (TPSA) is 92.7 Å². The van der Waals surface area contributed by atoms with Crippen molar-refractivity contribution in [2.24, 2.45) is 0 Å². The van der Waals surface area contributed by atoms with E-state index in [9.17, 15) is 13.2 Å². The zero-order valence-corrected chi connectivity index (χ0v) is 23.0. The van der Waals surface area contributed by atoms with E-state index in [1.54, 1.807) is 31.5 Å². The minimum Gasteiger partial charge on any atom is -0.497 e. The maximum atomic E-state index is 13.8. The van der Waals surface area contributed by atoms with Crippen LogP contribution in [0, 0.1) is 0 Å². The number of methoxy groups -OCH3 is 1. The van der Waals surface area contributed by atoms with E-state index in [1.807, 2.05) is 60.7 Å². The summed E-state index contributed by atoms with van der Waals surface area (Å²) in [5, 5.41) is 0.520. The van der Waals surface area contributed by atoms with Gasteiger partial charge in [-0.15, -0.1) is 0 Å². The van der Waals surface area contributed by atoms with Crippen LogP contribution in [-0.2, 0) is 23.1 Å². The molecule has 5 rings (SSSR count). The molecular weight excluding hydrogens is 532 g/mol. The van der Waals surface area contributed by atoms with Crippen molar-refractivity contribution < 1.29 is 17.9 Å². The number of rotatable bonds is 9. The Labute approximate surface area is 231 Å². The van der Waals surface area contributed by atoms with Crippen molar-refractivity contribution >= 4 is 42.6 Å². The Morgan fingerprint density at radius 3 is 2.36 bits per heavy atom. The molecule has 0 saturated heterocycles. The number of carbonyl (C=O) groups excluding carboxylic acids is 1. The van der Waals surface area contributed by atoms with Crippen molar-refractivity contribution in [2.45, 2.75) is 18.0 Å². The Morgan fingerprint density at radius 2 is 1.67 bits per heavy atom. The van der Waals surface area contributed by atoms with E-state index in [4.69, 9.17) is 9.72 Å². The van der Waals surface area contributed by atoms with Crippen molar-refractivity contribution in [1.82, 2.24) is 14.3 Å². The summed E-state index contributed by atoms with van der Waals surface area (Å²) in [5.74, 6) is 0.406. The third kappa shape index (κ3) is 5.83. The number of carbonyl (C=O) groups is 1. The number of sulfonamides is 1. The smallest absolute Gasteiger partial charge is 0.260 e. The molecule has 0 radical (unpaired) electrons. The molecule has 1 amide bonds. The highest BCUT2D eigenvalue weighted by atomic mass is 32.2. The largest absolute Gasteiger partial charge is 0.497 e. The fraction of sp³-hybridized carbons (Fsp3) is 0.138. The lowest BCUT2D eigenvalue weighted by atomic mass is 10.2. The molecule has 0 aliphatic carbocycles. The molecule has 0 aliphatic rings. The Morgan fingerprint density at radius 1 is 0.923 bits per heavy atom. The molecule has 2 aromatic heterocycles. The average molecular weight is 559 g/mol. The van der Waals surface area contributed by atoms with Crippen molar-refractivity contribution in [1.29, 1.82) is 0 Å². The quantitative estimate of drug-likeness (QED) is 0.242. The fourth-order valence-electron chi connectivity index (χ4n) is 4.07. The van der Waals surface area contributed by atoms with Crippen LogP contribution >= 0.6 is 11.3 Å². The SMILES string of the molecule is COc1ccc2nc(N(Cc3cccnc3)C(=O)c3ccc(S(=O)(=O)N(C)Cc4ccccc4)cc3)sc2c1. The van der Waals surface area contributed by atoms with Crippen molar-refractivity contribution in [3.63, 3.8) is 0 Å². The van der Waals surface area contributed by atoms with Crippen LogP contribution in [0.3, 0.4) is 0 Å². The number of hydrogen-bond donors (Lipinski definition) is 0. The number of ether oxygens (including phenoxy) is 1. The van der Waals surface area contributed by atoms with Crippen molar-refractivity contribution in [2.75, 3.05) is 19.1 Å². The lowest BCUT2D eigenvalue weighted by Crippen LogP contribution is -2.30. The van der Waals surface area contributed by atoms with E-state index < -0.39 is 10.0 Å². The van der Waals surface area contributed by atoms with Gasteiger partial charge in [0.2, 0.25) is 10.0 Å². The van der Waals surface area contributed by atoms with Gasteiger partial charge in [0.1, 0.15) is 5.75 Å². The molecular formula is C29H26N4O4S2. The number of pyridine rings is 1. The molecule has 10 heteroatoms. The second-order valence-electron chi connectivity index (χ2n) is 8.85. The zero-order chi connectivity index (χ0) is 27.4. The van der Waals surface area contributed by atoms with Gasteiger partial charge in [-0.25, -0.2) is 13.4 Å². The van der Waals surface area contributed by atoms with Gasteiger partial charge in [0.05, 0.1) is 28.8 Å². The number of aromatic nitrogens is 2. The number of fused-ring (bicyclic) bond motifs is 1. The first-order chi connectivity index (χ1) is 18.8. The lowest BCUT2D eigenvalue weighted by Gasteiger charge is -2.21. The molecule has 0 spiro atoms. The Balaban J connectivity index is 1.43. The van der Waals surface area contributed by atoms with Gasteiger partial charge < -0.3 is 4.74 Å².